The Balaban J connectivity index is 2.70. The maximum absolute atomic E-state index is 6.70. The van der Waals surface area contributed by atoms with Crippen molar-refractivity contribution in [2.75, 3.05) is 19.8 Å². The Morgan fingerprint density at radius 1 is 0.864 bits per heavy atom. The molecule has 0 aromatic carbocycles. The number of hydrogen-bond donors (Lipinski definition) is 0. The summed E-state index contributed by atoms with van der Waals surface area (Å²) in [5, 5.41) is 0. The molecule has 22 heavy (non-hydrogen) atoms. The molecule has 0 unspecified atom stereocenters. The summed E-state index contributed by atoms with van der Waals surface area (Å²) in [4.78, 5) is 0. The Morgan fingerprint density at radius 2 is 1.45 bits per heavy atom. The zero-order chi connectivity index (χ0) is 16.3. The number of unbranched alkanes of at least 4 members (excludes halogenated alkanes) is 2. The minimum absolute atomic E-state index is 0.470. The average Bonchev–Trinajstić information content (AvgIpc) is 2.57. The molecule has 1 rings (SSSR count). The van der Waals surface area contributed by atoms with Gasteiger partial charge in [0.15, 0.2) is 14.1 Å². The van der Waals surface area contributed by atoms with Gasteiger partial charge in [0.1, 0.15) is 0 Å². The SMILES string of the molecule is CCCC[Si](CCC)(CCCC)OCC1(CC)OCCCO1. The van der Waals surface area contributed by atoms with Crippen molar-refractivity contribution in [2.24, 2.45) is 0 Å². The number of ether oxygens (including phenoxy) is 2. The lowest BCUT2D eigenvalue weighted by molar-refractivity contribution is -0.280. The van der Waals surface area contributed by atoms with Crippen LogP contribution in [-0.2, 0) is 13.9 Å². The second-order valence-corrected chi connectivity index (χ2v) is 10.9. The fraction of sp³-hybridized carbons (Fsp3) is 1.00. The molecule has 0 aliphatic carbocycles. The van der Waals surface area contributed by atoms with E-state index >= 15 is 0 Å². The molecule has 1 fully saturated rings. The minimum Gasteiger partial charge on any atom is -0.411 e. The second-order valence-electron chi connectivity index (χ2n) is 6.74. The molecule has 4 heteroatoms. The van der Waals surface area contributed by atoms with Crippen LogP contribution in [-0.4, -0.2) is 33.9 Å². The molecule has 1 saturated heterocycles. The first-order valence-corrected chi connectivity index (χ1v) is 12.1. The van der Waals surface area contributed by atoms with Crippen molar-refractivity contribution in [1.29, 1.82) is 0 Å². The minimum atomic E-state index is -1.64. The van der Waals surface area contributed by atoms with Gasteiger partial charge in [0, 0.05) is 6.42 Å². The summed E-state index contributed by atoms with van der Waals surface area (Å²) >= 11 is 0. The van der Waals surface area contributed by atoms with Crippen molar-refractivity contribution in [2.45, 2.75) is 96.6 Å². The Kier molecular flexibility index (Phi) is 9.88. The highest BCUT2D eigenvalue weighted by molar-refractivity contribution is 6.73. The highest BCUT2D eigenvalue weighted by Crippen LogP contribution is 2.32. The first kappa shape index (κ1) is 20.1. The van der Waals surface area contributed by atoms with E-state index in [0.717, 1.165) is 26.1 Å². The van der Waals surface area contributed by atoms with Gasteiger partial charge in [-0.25, -0.2) is 0 Å². The molecular formula is C18H38O3Si. The van der Waals surface area contributed by atoms with Crippen LogP contribution in [0.1, 0.15) is 72.6 Å². The van der Waals surface area contributed by atoms with Crippen LogP contribution in [0.2, 0.25) is 18.1 Å². The van der Waals surface area contributed by atoms with Gasteiger partial charge in [-0.3, -0.25) is 0 Å². The normalized spacial score (nSPS) is 18.5. The van der Waals surface area contributed by atoms with E-state index in [4.69, 9.17) is 13.9 Å². The largest absolute Gasteiger partial charge is 0.411 e. The molecule has 0 aromatic heterocycles. The van der Waals surface area contributed by atoms with E-state index in [0.29, 0.717) is 6.61 Å². The second kappa shape index (κ2) is 10.8. The van der Waals surface area contributed by atoms with Crippen LogP contribution in [0, 0.1) is 0 Å². The number of hydrogen-bond acceptors (Lipinski definition) is 3. The van der Waals surface area contributed by atoms with Crippen LogP contribution in [0.15, 0.2) is 0 Å². The van der Waals surface area contributed by atoms with Crippen LogP contribution >= 0.6 is 0 Å². The maximum Gasteiger partial charge on any atom is 0.193 e. The lowest BCUT2D eigenvalue weighted by Gasteiger charge is -2.40. The van der Waals surface area contributed by atoms with Crippen molar-refractivity contribution < 1.29 is 13.9 Å². The van der Waals surface area contributed by atoms with E-state index in [1.54, 1.807) is 0 Å². The lowest BCUT2D eigenvalue weighted by Crippen LogP contribution is -2.49. The Hall–Kier alpha value is 0.0969. The van der Waals surface area contributed by atoms with Gasteiger partial charge < -0.3 is 13.9 Å². The van der Waals surface area contributed by atoms with Crippen molar-refractivity contribution in [1.82, 2.24) is 0 Å². The molecule has 0 amide bonds. The Morgan fingerprint density at radius 3 is 1.91 bits per heavy atom. The zero-order valence-electron chi connectivity index (χ0n) is 15.4. The van der Waals surface area contributed by atoms with Crippen molar-refractivity contribution in [3.8, 4) is 0 Å². The summed E-state index contributed by atoms with van der Waals surface area (Å²) in [5.74, 6) is -0.470. The summed E-state index contributed by atoms with van der Waals surface area (Å²) in [5.41, 5.74) is 0. The molecule has 0 N–H and O–H groups in total. The Bertz CT molecular complexity index is 270. The van der Waals surface area contributed by atoms with Crippen LogP contribution in [0.25, 0.3) is 0 Å². The van der Waals surface area contributed by atoms with E-state index in [-0.39, 0.29) is 0 Å². The quantitative estimate of drug-likeness (QED) is 0.442. The van der Waals surface area contributed by atoms with Gasteiger partial charge in [0.2, 0.25) is 0 Å². The summed E-state index contributed by atoms with van der Waals surface area (Å²) < 4.78 is 18.6. The molecule has 0 saturated carbocycles. The molecule has 1 aliphatic rings. The van der Waals surface area contributed by atoms with Crippen LogP contribution in [0.4, 0.5) is 0 Å². The van der Waals surface area contributed by atoms with Gasteiger partial charge in [-0.15, -0.1) is 0 Å². The maximum atomic E-state index is 6.70. The van der Waals surface area contributed by atoms with E-state index < -0.39 is 14.1 Å². The van der Waals surface area contributed by atoms with Crippen molar-refractivity contribution >= 4 is 8.32 Å². The average molecular weight is 331 g/mol. The molecule has 0 bridgehead atoms. The predicted molar refractivity (Wildman–Crippen MR) is 95.8 cm³/mol. The van der Waals surface area contributed by atoms with Gasteiger partial charge in [-0.1, -0.05) is 59.8 Å². The van der Waals surface area contributed by atoms with Gasteiger partial charge in [0.25, 0.3) is 0 Å². The van der Waals surface area contributed by atoms with Crippen molar-refractivity contribution in [3.63, 3.8) is 0 Å². The third kappa shape index (κ3) is 6.30. The molecular weight excluding hydrogens is 292 g/mol. The summed E-state index contributed by atoms with van der Waals surface area (Å²) in [6.45, 7) is 11.3. The summed E-state index contributed by atoms with van der Waals surface area (Å²) in [7, 11) is -1.64. The van der Waals surface area contributed by atoms with E-state index in [2.05, 4.69) is 27.7 Å². The van der Waals surface area contributed by atoms with Gasteiger partial charge >= 0.3 is 0 Å². The molecule has 0 aromatic rings. The van der Waals surface area contributed by atoms with E-state index in [1.807, 2.05) is 0 Å². The molecule has 1 heterocycles. The van der Waals surface area contributed by atoms with Gasteiger partial charge in [0.05, 0.1) is 19.8 Å². The third-order valence-electron chi connectivity index (χ3n) is 4.83. The predicted octanol–water partition coefficient (Wildman–Crippen LogP) is 5.50. The molecule has 1 aliphatic heterocycles. The molecule has 3 nitrogen and oxygen atoms in total. The lowest BCUT2D eigenvalue weighted by atomic mass is 10.2. The molecule has 0 radical (unpaired) electrons. The fourth-order valence-corrected chi connectivity index (χ4v) is 7.93. The summed E-state index contributed by atoms with van der Waals surface area (Å²) in [6.07, 6.45) is 8.25. The third-order valence-corrected chi connectivity index (χ3v) is 9.53. The van der Waals surface area contributed by atoms with E-state index in [9.17, 15) is 0 Å². The highest BCUT2D eigenvalue weighted by atomic mass is 28.4. The van der Waals surface area contributed by atoms with Crippen LogP contribution < -0.4 is 0 Å². The highest BCUT2D eigenvalue weighted by Gasteiger charge is 2.39. The smallest absolute Gasteiger partial charge is 0.193 e. The first-order chi connectivity index (χ1) is 10.7. The zero-order valence-corrected chi connectivity index (χ0v) is 16.4. The topological polar surface area (TPSA) is 27.7 Å². The van der Waals surface area contributed by atoms with Gasteiger partial charge in [-0.05, 0) is 24.6 Å². The fourth-order valence-electron chi connectivity index (χ4n) is 3.31. The standard InChI is InChI=1S/C18H38O3Si/c1-5-9-15-22(14-7-3,16-10-6-2)21-17-18(8-4)19-12-11-13-20-18/h5-17H2,1-4H3. The Labute approximate surface area is 139 Å². The molecule has 0 atom stereocenters. The molecule has 0 spiro atoms. The monoisotopic (exact) mass is 330 g/mol. The van der Waals surface area contributed by atoms with Gasteiger partial charge in [-0.2, -0.15) is 0 Å². The van der Waals surface area contributed by atoms with Crippen LogP contribution in [0.3, 0.4) is 0 Å². The van der Waals surface area contributed by atoms with Crippen molar-refractivity contribution in [3.05, 3.63) is 0 Å². The summed E-state index contributed by atoms with van der Waals surface area (Å²) in [6, 6.07) is 3.89. The van der Waals surface area contributed by atoms with Crippen LogP contribution in [0.5, 0.6) is 0 Å². The first-order valence-electron chi connectivity index (χ1n) is 9.57. The van der Waals surface area contributed by atoms with E-state index in [1.165, 1.54) is 50.2 Å². The molecule has 132 valence electrons. The number of rotatable bonds is 12.